The van der Waals surface area contributed by atoms with Crippen LogP contribution in [0.3, 0.4) is 0 Å². The summed E-state index contributed by atoms with van der Waals surface area (Å²) in [6.45, 7) is 0. The number of halogens is 1. The fourth-order valence-corrected chi connectivity index (χ4v) is 3.32. The van der Waals surface area contributed by atoms with Crippen molar-refractivity contribution in [3.63, 3.8) is 0 Å². The number of carbonyl (C=O) groups is 1. The quantitative estimate of drug-likeness (QED) is 0.766. The third-order valence-electron chi connectivity index (χ3n) is 4.57. The van der Waals surface area contributed by atoms with Crippen molar-refractivity contribution in [1.29, 1.82) is 5.26 Å². The number of rotatable bonds is 2. The minimum absolute atomic E-state index is 0.115. The van der Waals surface area contributed by atoms with Crippen molar-refractivity contribution in [2.45, 2.75) is 25.7 Å². The molecule has 1 aromatic carbocycles. The van der Waals surface area contributed by atoms with Crippen LogP contribution in [0, 0.1) is 17.1 Å². The molecule has 6 heteroatoms. The Kier molecular flexibility index (Phi) is 4.05. The van der Waals surface area contributed by atoms with Crippen molar-refractivity contribution in [1.82, 2.24) is 9.97 Å². The average Bonchev–Trinajstić information content (AvgIpc) is 2.66. The van der Waals surface area contributed by atoms with E-state index in [1.165, 1.54) is 6.07 Å². The van der Waals surface area contributed by atoms with Crippen LogP contribution < -0.4 is 5.32 Å². The Balaban J connectivity index is 1.75. The summed E-state index contributed by atoms with van der Waals surface area (Å²) in [6, 6.07) is 9.73. The van der Waals surface area contributed by atoms with Gasteiger partial charge in [0.1, 0.15) is 11.9 Å². The van der Waals surface area contributed by atoms with E-state index < -0.39 is 11.7 Å². The molecule has 0 fully saturated rings. The SMILES string of the molecule is N#Cc1cc2c(nc1NC(=O)c1cc(F)cc3cccnc13)CCCC2. The van der Waals surface area contributed by atoms with Crippen LogP contribution in [0.5, 0.6) is 0 Å². The second-order valence-corrected chi connectivity index (χ2v) is 6.29. The van der Waals surface area contributed by atoms with Crippen molar-refractivity contribution in [2.24, 2.45) is 0 Å². The second-order valence-electron chi connectivity index (χ2n) is 6.29. The first kappa shape index (κ1) is 16.2. The van der Waals surface area contributed by atoms with Crippen molar-refractivity contribution < 1.29 is 9.18 Å². The molecule has 128 valence electrons. The average molecular weight is 346 g/mol. The Morgan fingerprint density at radius 3 is 2.92 bits per heavy atom. The summed E-state index contributed by atoms with van der Waals surface area (Å²) in [5.74, 6) is -0.839. The standard InChI is InChI=1S/C20H15FN4O/c21-15-9-13-5-3-7-23-18(13)16(10-15)20(26)25-19-14(11-22)8-12-4-1-2-6-17(12)24-19/h3,5,7-10H,1-2,4,6H2,(H,24,25,26). The van der Waals surface area contributed by atoms with Gasteiger partial charge in [0.25, 0.3) is 5.91 Å². The lowest BCUT2D eigenvalue weighted by Gasteiger charge is -2.17. The number of pyridine rings is 2. The number of hydrogen-bond donors (Lipinski definition) is 1. The number of fused-ring (bicyclic) bond motifs is 2. The Morgan fingerprint density at radius 2 is 2.08 bits per heavy atom. The van der Waals surface area contributed by atoms with Crippen LogP contribution >= 0.6 is 0 Å². The van der Waals surface area contributed by atoms with E-state index in [0.29, 0.717) is 16.5 Å². The lowest BCUT2D eigenvalue weighted by Crippen LogP contribution is -2.17. The third-order valence-corrected chi connectivity index (χ3v) is 4.57. The monoisotopic (exact) mass is 346 g/mol. The summed E-state index contributed by atoms with van der Waals surface area (Å²) >= 11 is 0. The molecule has 5 nitrogen and oxygen atoms in total. The van der Waals surface area contributed by atoms with E-state index in [-0.39, 0.29) is 11.4 Å². The van der Waals surface area contributed by atoms with E-state index in [1.807, 2.05) is 0 Å². The summed E-state index contributed by atoms with van der Waals surface area (Å²) in [5, 5.41) is 12.6. The smallest absolute Gasteiger partial charge is 0.259 e. The van der Waals surface area contributed by atoms with Gasteiger partial charge in [-0.1, -0.05) is 6.07 Å². The first-order valence-corrected chi connectivity index (χ1v) is 8.44. The van der Waals surface area contributed by atoms with Crippen LogP contribution in [-0.2, 0) is 12.8 Å². The molecule has 0 spiro atoms. The van der Waals surface area contributed by atoms with Crippen LogP contribution in [0.25, 0.3) is 10.9 Å². The van der Waals surface area contributed by atoms with Crippen molar-refractivity contribution >= 4 is 22.6 Å². The molecule has 0 unspecified atom stereocenters. The van der Waals surface area contributed by atoms with Crippen molar-refractivity contribution in [3.8, 4) is 6.07 Å². The normalized spacial score (nSPS) is 13.1. The highest BCUT2D eigenvalue weighted by atomic mass is 19.1. The molecule has 2 aromatic heterocycles. The minimum atomic E-state index is -0.534. The van der Waals surface area contributed by atoms with E-state index in [2.05, 4.69) is 21.4 Å². The highest BCUT2D eigenvalue weighted by molar-refractivity contribution is 6.11. The first-order valence-electron chi connectivity index (χ1n) is 8.44. The molecule has 0 atom stereocenters. The Labute approximate surface area is 149 Å². The molecule has 0 saturated carbocycles. The van der Waals surface area contributed by atoms with Crippen LogP contribution in [-0.4, -0.2) is 15.9 Å². The molecular formula is C20H15FN4O. The van der Waals surface area contributed by atoms with E-state index in [4.69, 9.17) is 0 Å². The van der Waals surface area contributed by atoms with Gasteiger partial charge in [0, 0.05) is 17.3 Å². The van der Waals surface area contributed by atoms with E-state index >= 15 is 0 Å². The molecule has 4 rings (SSSR count). The second kappa shape index (κ2) is 6.52. The summed E-state index contributed by atoms with van der Waals surface area (Å²) in [6.07, 6.45) is 5.39. The van der Waals surface area contributed by atoms with Gasteiger partial charge in [-0.15, -0.1) is 0 Å². The Hall–Kier alpha value is -3.33. The minimum Gasteiger partial charge on any atom is -0.305 e. The fraction of sp³-hybridized carbons (Fsp3) is 0.200. The van der Waals surface area contributed by atoms with Gasteiger partial charge in [-0.05, 0) is 55.5 Å². The summed E-state index contributed by atoms with van der Waals surface area (Å²) in [4.78, 5) is 21.4. The van der Waals surface area contributed by atoms with Gasteiger partial charge in [-0.2, -0.15) is 5.26 Å². The third kappa shape index (κ3) is 2.88. The van der Waals surface area contributed by atoms with Gasteiger partial charge in [0.05, 0.1) is 16.6 Å². The van der Waals surface area contributed by atoms with Gasteiger partial charge < -0.3 is 5.32 Å². The number of aryl methyl sites for hydroxylation is 2. The van der Waals surface area contributed by atoms with E-state index in [0.717, 1.165) is 43.0 Å². The molecule has 0 radical (unpaired) electrons. The zero-order valence-electron chi connectivity index (χ0n) is 13.9. The molecule has 1 aliphatic carbocycles. The largest absolute Gasteiger partial charge is 0.305 e. The van der Waals surface area contributed by atoms with Crippen molar-refractivity contribution in [3.05, 3.63) is 64.7 Å². The molecule has 26 heavy (non-hydrogen) atoms. The van der Waals surface area contributed by atoms with Crippen molar-refractivity contribution in [2.75, 3.05) is 5.32 Å². The Bertz CT molecular complexity index is 1070. The van der Waals surface area contributed by atoms with Crippen LogP contribution in [0.15, 0.2) is 36.5 Å². The van der Waals surface area contributed by atoms with Crippen LogP contribution in [0.4, 0.5) is 10.2 Å². The summed E-state index contributed by atoms with van der Waals surface area (Å²) < 4.78 is 13.9. The topological polar surface area (TPSA) is 78.7 Å². The van der Waals surface area contributed by atoms with Crippen LogP contribution in [0.1, 0.15) is 40.0 Å². The zero-order valence-corrected chi connectivity index (χ0v) is 13.9. The highest BCUT2D eigenvalue weighted by Gasteiger charge is 2.19. The predicted octanol–water partition coefficient (Wildman–Crippen LogP) is 3.77. The maximum absolute atomic E-state index is 13.9. The number of anilines is 1. The number of amides is 1. The van der Waals surface area contributed by atoms with Gasteiger partial charge >= 0.3 is 0 Å². The molecule has 0 saturated heterocycles. The molecule has 2 heterocycles. The molecule has 1 aliphatic rings. The number of nitrogens with zero attached hydrogens (tertiary/aromatic N) is 3. The van der Waals surface area contributed by atoms with E-state index in [9.17, 15) is 14.4 Å². The molecule has 0 bridgehead atoms. The Morgan fingerprint density at radius 1 is 1.23 bits per heavy atom. The molecule has 1 amide bonds. The molecule has 1 N–H and O–H groups in total. The lowest BCUT2D eigenvalue weighted by atomic mass is 9.95. The first-order chi connectivity index (χ1) is 12.7. The fourth-order valence-electron chi connectivity index (χ4n) is 3.32. The highest BCUT2D eigenvalue weighted by Crippen LogP contribution is 2.25. The predicted molar refractivity (Wildman–Crippen MR) is 95.2 cm³/mol. The molecule has 3 aromatic rings. The number of nitrogens with one attached hydrogen (secondary N) is 1. The number of hydrogen-bond acceptors (Lipinski definition) is 4. The van der Waals surface area contributed by atoms with Gasteiger partial charge in [0.15, 0.2) is 5.82 Å². The number of carbonyl (C=O) groups excluding carboxylic acids is 1. The molecule has 0 aliphatic heterocycles. The van der Waals surface area contributed by atoms with Crippen LogP contribution in [0.2, 0.25) is 0 Å². The summed E-state index contributed by atoms with van der Waals surface area (Å²) in [5.41, 5.74) is 2.80. The maximum Gasteiger partial charge on any atom is 0.259 e. The molecular weight excluding hydrogens is 331 g/mol. The maximum atomic E-state index is 13.9. The zero-order chi connectivity index (χ0) is 18.1. The number of benzene rings is 1. The lowest BCUT2D eigenvalue weighted by molar-refractivity contribution is 0.102. The summed E-state index contributed by atoms with van der Waals surface area (Å²) in [7, 11) is 0. The van der Waals surface area contributed by atoms with Gasteiger partial charge in [-0.3, -0.25) is 9.78 Å². The van der Waals surface area contributed by atoms with Gasteiger partial charge in [-0.25, -0.2) is 9.37 Å². The van der Waals surface area contributed by atoms with E-state index in [1.54, 1.807) is 24.4 Å². The number of aromatic nitrogens is 2. The number of nitriles is 1. The van der Waals surface area contributed by atoms with Gasteiger partial charge in [0.2, 0.25) is 0 Å².